The summed E-state index contributed by atoms with van der Waals surface area (Å²) in [5.41, 5.74) is 1.10. The standard InChI is InChI=1S/C20H23N3O2S/c1-24-16-6-8-17(9-7-16)25-15-14-22-10-12-23(13-11-22)20-21-18-4-2-3-5-19(18)26-20/h2-9H,10-15H2,1H3. The quantitative estimate of drug-likeness (QED) is 0.665. The molecular formula is C20H23N3O2S. The first-order valence-electron chi connectivity index (χ1n) is 8.91. The fraction of sp³-hybridized carbons (Fsp3) is 0.350. The van der Waals surface area contributed by atoms with E-state index in [0.29, 0.717) is 6.61 Å². The Morgan fingerprint density at radius 2 is 1.69 bits per heavy atom. The Hall–Kier alpha value is -2.31. The number of fused-ring (bicyclic) bond motifs is 1. The van der Waals surface area contributed by atoms with Crippen molar-refractivity contribution >= 4 is 26.7 Å². The third-order valence-electron chi connectivity index (χ3n) is 4.66. The molecule has 0 radical (unpaired) electrons. The van der Waals surface area contributed by atoms with Gasteiger partial charge in [-0.1, -0.05) is 23.5 Å². The molecule has 2 aromatic carbocycles. The summed E-state index contributed by atoms with van der Waals surface area (Å²) in [5.74, 6) is 1.74. The highest BCUT2D eigenvalue weighted by Crippen LogP contribution is 2.29. The van der Waals surface area contributed by atoms with Crippen LogP contribution in [0.1, 0.15) is 0 Å². The topological polar surface area (TPSA) is 37.8 Å². The molecule has 1 aliphatic rings. The normalized spacial score (nSPS) is 15.3. The van der Waals surface area contributed by atoms with Crippen LogP contribution >= 0.6 is 11.3 Å². The molecule has 3 aromatic rings. The van der Waals surface area contributed by atoms with Crippen molar-refractivity contribution < 1.29 is 9.47 Å². The second kappa shape index (κ2) is 7.93. The van der Waals surface area contributed by atoms with Gasteiger partial charge in [-0.25, -0.2) is 4.98 Å². The lowest BCUT2D eigenvalue weighted by Crippen LogP contribution is -2.47. The molecule has 136 valence electrons. The third-order valence-corrected chi connectivity index (χ3v) is 5.76. The van der Waals surface area contributed by atoms with Gasteiger partial charge in [0.25, 0.3) is 0 Å². The average molecular weight is 369 g/mol. The molecule has 1 aliphatic heterocycles. The summed E-state index contributed by atoms with van der Waals surface area (Å²) in [6.45, 7) is 5.77. The summed E-state index contributed by atoms with van der Waals surface area (Å²) in [6, 6.07) is 16.1. The van der Waals surface area contributed by atoms with Crippen LogP contribution in [0.4, 0.5) is 5.13 Å². The van der Waals surface area contributed by atoms with Crippen molar-refractivity contribution in [2.24, 2.45) is 0 Å². The number of hydrogen-bond acceptors (Lipinski definition) is 6. The Morgan fingerprint density at radius 3 is 2.42 bits per heavy atom. The van der Waals surface area contributed by atoms with Crippen LogP contribution in [-0.2, 0) is 0 Å². The largest absolute Gasteiger partial charge is 0.497 e. The average Bonchev–Trinajstić information content (AvgIpc) is 3.13. The SMILES string of the molecule is COc1ccc(OCCN2CCN(c3nc4ccccc4s3)CC2)cc1. The zero-order valence-corrected chi connectivity index (χ0v) is 15.7. The van der Waals surface area contributed by atoms with Gasteiger partial charge in [0, 0.05) is 32.7 Å². The number of methoxy groups -OCH3 is 1. The Morgan fingerprint density at radius 1 is 0.962 bits per heavy atom. The van der Waals surface area contributed by atoms with Gasteiger partial charge in [0.15, 0.2) is 5.13 Å². The Bertz CT molecular complexity index is 809. The molecule has 0 amide bonds. The van der Waals surface area contributed by atoms with Crippen molar-refractivity contribution in [2.75, 3.05) is 51.3 Å². The maximum atomic E-state index is 5.84. The van der Waals surface area contributed by atoms with Crippen LogP contribution in [-0.4, -0.2) is 56.3 Å². The van der Waals surface area contributed by atoms with Gasteiger partial charge in [0.1, 0.15) is 18.1 Å². The maximum Gasteiger partial charge on any atom is 0.186 e. The number of benzene rings is 2. The summed E-state index contributed by atoms with van der Waals surface area (Å²) in [7, 11) is 1.67. The maximum absolute atomic E-state index is 5.84. The summed E-state index contributed by atoms with van der Waals surface area (Å²) in [4.78, 5) is 9.61. The molecule has 0 bridgehead atoms. The minimum atomic E-state index is 0.702. The predicted octanol–water partition coefficient (Wildman–Crippen LogP) is 3.51. The molecule has 6 heteroatoms. The molecule has 0 atom stereocenters. The van der Waals surface area contributed by atoms with Gasteiger partial charge in [-0.3, -0.25) is 4.90 Å². The van der Waals surface area contributed by atoms with E-state index in [2.05, 4.69) is 28.0 Å². The van der Waals surface area contributed by atoms with Crippen LogP contribution in [0.15, 0.2) is 48.5 Å². The monoisotopic (exact) mass is 369 g/mol. The highest BCUT2D eigenvalue weighted by molar-refractivity contribution is 7.22. The molecule has 4 rings (SSSR count). The fourth-order valence-corrected chi connectivity index (χ4v) is 4.14. The van der Waals surface area contributed by atoms with E-state index in [4.69, 9.17) is 14.5 Å². The van der Waals surface area contributed by atoms with Crippen LogP contribution in [0.2, 0.25) is 0 Å². The smallest absolute Gasteiger partial charge is 0.186 e. The summed E-state index contributed by atoms with van der Waals surface area (Å²) >= 11 is 1.78. The Kier molecular flexibility index (Phi) is 5.22. The van der Waals surface area contributed by atoms with E-state index in [1.165, 1.54) is 4.70 Å². The van der Waals surface area contributed by atoms with E-state index in [1.807, 2.05) is 30.3 Å². The molecule has 0 N–H and O–H groups in total. The molecule has 0 aliphatic carbocycles. The van der Waals surface area contributed by atoms with E-state index in [0.717, 1.165) is 54.9 Å². The zero-order chi connectivity index (χ0) is 17.8. The minimum Gasteiger partial charge on any atom is -0.497 e. The number of hydrogen-bond donors (Lipinski definition) is 0. The highest BCUT2D eigenvalue weighted by atomic mass is 32.1. The fourth-order valence-electron chi connectivity index (χ4n) is 3.12. The number of thiazole rings is 1. The van der Waals surface area contributed by atoms with Crippen molar-refractivity contribution in [2.45, 2.75) is 0 Å². The van der Waals surface area contributed by atoms with Crippen molar-refractivity contribution in [1.29, 1.82) is 0 Å². The summed E-state index contributed by atoms with van der Waals surface area (Å²) in [5, 5.41) is 1.14. The lowest BCUT2D eigenvalue weighted by atomic mass is 10.3. The Balaban J connectivity index is 1.24. The van der Waals surface area contributed by atoms with Gasteiger partial charge >= 0.3 is 0 Å². The molecule has 0 saturated carbocycles. The van der Waals surface area contributed by atoms with E-state index < -0.39 is 0 Å². The number of para-hydroxylation sites is 1. The molecule has 2 heterocycles. The molecule has 1 saturated heterocycles. The van der Waals surface area contributed by atoms with Crippen molar-refractivity contribution in [3.63, 3.8) is 0 Å². The van der Waals surface area contributed by atoms with Crippen molar-refractivity contribution in [1.82, 2.24) is 9.88 Å². The van der Waals surface area contributed by atoms with Crippen molar-refractivity contribution in [3.8, 4) is 11.5 Å². The highest BCUT2D eigenvalue weighted by Gasteiger charge is 2.19. The first-order valence-corrected chi connectivity index (χ1v) is 9.73. The second-order valence-corrected chi connectivity index (χ2v) is 7.33. The van der Waals surface area contributed by atoms with Gasteiger partial charge in [-0.05, 0) is 36.4 Å². The van der Waals surface area contributed by atoms with E-state index >= 15 is 0 Å². The van der Waals surface area contributed by atoms with Crippen LogP contribution in [0, 0.1) is 0 Å². The van der Waals surface area contributed by atoms with Crippen molar-refractivity contribution in [3.05, 3.63) is 48.5 Å². The number of nitrogens with zero attached hydrogens (tertiary/aromatic N) is 3. The van der Waals surface area contributed by atoms with Gasteiger partial charge in [0.2, 0.25) is 0 Å². The number of ether oxygens (including phenoxy) is 2. The first kappa shape index (κ1) is 17.1. The summed E-state index contributed by atoms with van der Waals surface area (Å²) < 4.78 is 12.3. The van der Waals surface area contributed by atoms with Gasteiger partial charge in [0.05, 0.1) is 17.3 Å². The van der Waals surface area contributed by atoms with E-state index in [1.54, 1.807) is 18.4 Å². The van der Waals surface area contributed by atoms with E-state index in [9.17, 15) is 0 Å². The lowest BCUT2D eigenvalue weighted by molar-refractivity contribution is 0.200. The number of anilines is 1. The zero-order valence-electron chi connectivity index (χ0n) is 14.9. The molecule has 26 heavy (non-hydrogen) atoms. The Labute approximate surface area is 157 Å². The van der Waals surface area contributed by atoms with E-state index in [-0.39, 0.29) is 0 Å². The second-order valence-electron chi connectivity index (χ2n) is 6.32. The lowest BCUT2D eigenvalue weighted by Gasteiger charge is -2.34. The van der Waals surface area contributed by atoms with Crippen LogP contribution in [0.3, 0.4) is 0 Å². The summed E-state index contributed by atoms with van der Waals surface area (Å²) in [6.07, 6.45) is 0. The number of piperazine rings is 1. The van der Waals surface area contributed by atoms with Gasteiger partial charge < -0.3 is 14.4 Å². The van der Waals surface area contributed by atoms with Gasteiger partial charge in [-0.15, -0.1) is 0 Å². The van der Waals surface area contributed by atoms with Gasteiger partial charge in [-0.2, -0.15) is 0 Å². The molecule has 1 aromatic heterocycles. The van der Waals surface area contributed by atoms with Crippen LogP contribution in [0.25, 0.3) is 10.2 Å². The number of rotatable bonds is 6. The van der Waals surface area contributed by atoms with Crippen LogP contribution in [0.5, 0.6) is 11.5 Å². The molecule has 1 fully saturated rings. The minimum absolute atomic E-state index is 0.702. The first-order chi connectivity index (χ1) is 12.8. The molecular weight excluding hydrogens is 346 g/mol. The molecule has 0 unspecified atom stereocenters. The third kappa shape index (κ3) is 3.92. The number of aromatic nitrogens is 1. The van der Waals surface area contributed by atoms with Crippen LogP contribution < -0.4 is 14.4 Å². The molecule has 0 spiro atoms. The predicted molar refractivity (Wildman–Crippen MR) is 107 cm³/mol. The molecule has 5 nitrogen and oxygen atoms in total.